The van der Waals surface area contributed by atoms with Crippen LogP contribution in [0.4, 0.5) is 11.4 Å². The third-order valence-corrected chi connectivity index (χ3v) is 4.59. The highest BCUT2D eigenvalue weighted by Gasteiger charge is 2.36. The van der Waals surface area contributed by atoms with Gasteiger partial charge in [0.15, 0.2) is 0 Å². The minimum Gasteiger partial charge on any atom is -0.325 e. The van der Waals surface area contributed by atoms with Crippen LogP contribution in [0.25, 0.3) is 0 Å². The lowest BCUT2D eigenvalue weighted by Gasteiger charge is -2.23. The molecule has 4 nitrogen and oxygen atoms in total. The monoisotopic (exact) mass is 358 g/mol. The first-order chi connectivity index (χ1) is 11.7. The van der Waals surface area contributed by atoms with E-state index in [1.807, 2.05) is 37.3 Å². The first-order valence-corrected chi connectivity index (χ1v) is 8.60. The van der Waals surface area contributed by atoms with Crippen LogP contribution in [-0.4, -0.2) is 11.8 Å². The second kappa shape index (κ2) is 7.70. The molecule has 0 bridgehead atoms. The first-order valence-electron chi connectivity index (χ1n) is 8.22. The van der Waals surface area contributed by atoms with Crippen molar-refractivity contribution < 1.29 is 9.59 Å². The number of hydrogen-bond acceptors (Lipinski definition) is 2. The number of halogens is 1. The van der Waals surface area contributed by atoms with Gasteiger partial charge in [0.25, 0.3) is 0 Å². The highest BCUT2D eigenvalue weighted by molar-refractivity contribution is 6.31. The minimum absolute atomic E-state index is 0.368. The number of anilines is 2. The molecule has 0 aromatic heterocycles. The largest absolute Gasteiger partial charge is 0.325 e. The standard InChI is InChI=1S/C20H23ClN2O2/c1-5-14-7-10-15(11-8-14)22-18(24)20(3,4)19(25)23-16-9-6-13(2)17(21)12-16/h6-12H,5H2,1-4H3,(H,22,24)(H,23,25). The summed E-state index contributed by atoms with van der Waals surface area (Å²) in [7, 11) is 0. The molecule has 0 aliphatic rings. The van der Waals surface area contributed by atoms with Gasteiger partial charge in [-0.3, -0.25) is 9.59 Å². The molecule has 0 saturated heterocycles. The lowest BCUT2D eigenvalue weighted by molar-refractivity contribution is -0.135. The number of rotatable bonds is 5. The fourth-order valence-electron chi connectivity index (χ4n) is 2.17. The van der Waals surface area contributed by atoms with E-state index in [1.54, 1.807) is 26.0 Å². The summed E-state index contributed by atoms with van der Waals surface area (Å²) in [6.07, 6.45) is 0.932. The summed E-state index contributed by atoms with van der Waals surface area (Å²) in [6.45, 7) is 7.13. The Kier molecular flexibility index (Phi) is 5.85. The van der Waals surface area contributed by atoms with Crippen molar-refractivity contribution in [1.29, 1.82) is 0 Å². The maximum absolute atomic E-state index is 12.5. The van der Waals surface area contributed by atoms with Gasteiger partial charge in [-0.15, -0.1) is 0 Å². The highest BCUT2D eigenvalue weighted by Crippen LogP contribution is 2.24. The van der Waals surface area contributed by atoms with Gasteiger partial charge in [-0.25, -0.2) is 0 Å². The lowest BCUT2D eigenvalue weighted by atomic mass is 9.90. The number of carbonyl (C=O) groups excluding carboxylic acids is 2. The third-order valence-electron chi connectivity index (χ3n) is 4.19. The maximum Gasteiger partial charge on any atom is 0.239 e. The van der Waals surface area contributed by atoms with Crippen molar-refractivity contribution in [2.75, 3.05) is 10.6 Å². The van der Waals surface area contributed by atoms with Crippen LogP contribution in [0.3, 0.4) is 0 Å². The quantitative estimate of drug-likeness (QED) is 0.753. The van der Waals surface area contributed by atoms with E-state index in [2.05, 4.69) is 17.6 Å². The van der Waals surface area contributed by atoms with Crippen LogP contribution >= 0.6 is 11.6 Å². The van der Waals surface area contributed by atoms with Crippen molar-refractivity contribution in [3.05, 3.63) is 58.6 Å². The summed E-state index contributed by atoms with van der Waals surface area (Å²) in [5, 5.41) is 6.11. The molecule has 0 aliphatic heterocycles. The highest BCUT2D eigenvalue weighted by atomic mass is 35.5. The molecule has 2 rings (SSSR count). The van der Waals surface area contributed by atoms with Crippen LogP contribution in [0.15, 0.2) is 42.5 Å². The Bertz CT molecular complexity index is 783. The zero-order valence-corrected chi connectivity index (χ0v) is 15.7. The Morgan fingerprint density at radius 3 is 2.00 bits per heavy atom. The molecule has 132 valence electrons. The van der Waals surface area contributed by atoms with Gasteiger partial charge in [-0.05, 0) is 62.6 Å². The van der Waals surface area contributed by atoms with Crippen molar-refractivity contribution in [3.8, 4) is 0 Å². The molecule has 25 heavy (non-hydrogen) atoms. The molecule has 0 atom stereocenters. The van der Waals surface area contributed by atoms with E-state index in [0.29, 0.717) is 16.4 Å². The second-order valence-electron chi connectivity index (χ2n) is 6.55. The van der Waals surface area contributed by atoms with Crippen molar-refractivity contribution in [3.63, 3.8) is 0 Å². The number of nitrogens with one attached hydrogen (secondary N) is 2. The van der Waals surface area contributed by atoms with E-state index >= 15 is 0 Å². The molecule has 2 amide bonds. The summed E-state index contributed by atoms with van der Waals surface area (Å²) < 4.78 is 0. The van der Waals surface area contributed by atoms with E-state index in [9.17, 15) is 9.59 Å². The summed E-state index contributed by atoms with van der Waals surface area (Å²) in [6, 6.07) is 12.8. The van der Waals surface area contributed by atoms with Crippen LogP contribution in [0.1, 0.15) is 31.9 Å². The molecule has 5 heteroatoms. The topological polar surface area (TPSA) is 58.2 Å². The molecule has 0 saturated carbocycles. The second-order valence-corrected chi connectivity index (χ2v) is 6.95. The molecule has 0 fully saturated rings. The number of benzene rings is 2. The van der Waals surface area contributed by atoms with Gasteiger partial charge in [-0.2, -0.15) is 0 Å². The Morgan fingerprint density at radius 1 is 0.960 bits per heavy atom. The van der Waals surface area contributed by atoms with E-state index in [0.717, 1.165) is 12.0 Å². The SMILES string of the molecule is CCc1ccc(NC(=O)C(C)(C)C(=O)Nc2ccc(C)c(Cl)c2)cc1. The fraction of sp³-hybridized carbons (Fsp3) is 0.300. The van der Waals surface area contributed by atoms with Gasteiger partial charge in [0, 0.05) is 16.4 Å². The van der Waals surface area contributed by atoms with Crippen molar-refractivity contribution >= 4 is 34.8 Å². The number of hydrogen-bond donors (Lipinski definition) is 2. The molecule has 0 spiro atoms. The van der Waals surface area contributed by atoms with Gasteiger partial charge in [0.1, 0.15) is 5.41 Å². The predicted octanol–water partition coefficient (Wildman–Crippen LogP) is 4.81. The van der Waals surface area contributed by atoms with Gasteiger partial charge < -0.3 is 10.6 Å². The molecule has 2 aromatic rings. The van der Waals surface area contributed by atoms with Gasteiger partial charge in [-0.1, -0.05) is 36.7 Å². The summed E-state index contributed by atoms with van der Waals surface area (Å²) >= 11 is 6.08. The number of aryl methyl sites for hydroxylation is 2. The van der Waals surface area contributed by atoms with Gasteiger partial charge >= 0.3 is 0 Å². The normalized spacial score (nSPS) is 11.1. The Labute approximate surface area is 153 Å². The molecule has 2 aromatic carbocycles. The predicted molar refractivity (Wildman–Crippen MR) is 103 cm³/mol. The van der Waals surface area contributed by atoms with E-state index < -0.39 is 11.3 Å². The van der Waals surface area contributed by atoms with Crippen molar-refractivity contribution in [1.82, 2.24) is 0 Å². The summed E-state index contributed by atoms with van der Waals surface area (Å²) in [5.41, 5.74) is 2.11. The fourth-order valence-corrected chi connectivity index (χ4v) is 2.35. The maximum atomic E-state index is 12.5. The average molecular weight is 359 g/mol. The number of amides is 2. The lowest BCUT2D eigenvalue weighted by Crippen LogP contribution is -2.41. The van der Waals surface area contributed by atoms with E-state index in [4.69, 9.17) is 11.6 Å². The Hall–Kier alpha value is -2.33. The molecule has 0 aliphatic carbocycles. The van der Waals surface area contributed by atoms with Gasteiger partial charge in [0.05, 0.1) is 0 Å². The first kappa shape index (κ1) is 19.0. The van der Waals surface area contributed by atoms with E-state index in [1.165, 1.54) is 5.56 Å². The smallest absolute Gasteiger partial charge is 0.239 e. The van der Waals surface area contributed by atoms with Crippen LogP contribution in [0.5, 0.6) is 0 Å². The summed E-state index contributed by atoms with van der Waals surface area (Å²) in [4.78, 5) is 25.1. The van der Waals surface area contributed by atoms with Gasteiger partial charge in [0.2, 0.25) is 11.8 Å². The minimum atomic E-state index is -1.24. The molecule has 2 N–H and O–H groups in total. The molecule has 0 heterocycles. The summed E-state index contributed by atoms with van der Waals surface area (Å²) in [5.74, 6) is -0.762. The van der Waals surface area contributed by atoms with Crippen LogP contribution < -0.4 is 10.6 Å². The third kappa shape index (κ3) is 4.60. The average Bonchev–Trinajstić information content (AvgIpc) is 2.58. The van der Waals surface area contributed by atoms with Crippen LogP contribution in [0, 0.1) is 12.3 Å². The zero-order chi connectivity index (χ0) is 18.6. The van der Waals surface area contributed by atoms with Crippen molar-refractivity contribution in [2.45, 2.75) is 34.1 Å². The molecular formula is C20H23ClN2O2. The van der Waals surface area contributed by atoms with E-state index in [-0.39, 0.29) is 5.91 Å². The molecule has 0 radical (unpaired) electrons. The molecule has 0 unspecified atom stereocenters. The molecular weight excluding hydrogens is 336 g/mol. The van der Waals surface area contributed by atoms with Crippen LogP contribution in [-0.2, 0) is 16.0 Å². The number of carbonyl (C=O) groups is 2. The zero-order valence-electron chi connectivity index (χ0n) is 14.9. The Balaban J connectivity index is 2.08. The van der Waals surface area contributed by atoms with Crippen LogP contribution in [0.2, 0.25) is 5.02 Å². The Morgan fingerprint density at radius 2 is 1.48 bits per heavy atom. The van der Waals surface area contributed by atoms with Crippen molar-refractivity contribution in [2.24, 2.45) is 5.41 Å².